The van der Waals surface area contributed by atoms with Gasteiger partial charge in [0.15, 0.2) is 0 Å². The maximum absolute atomic E-state index is 13.1. The van der Waals surface area contributed by atoms with E-state index in [0.29, 0.717) is 5.69 Å². The van der Waals surface area contributed by atoms with Gasteiger partial charge in [-0.05, 0) is 17.7 Å². The summed E-state index contributed by atoms with van der Waals surface area (Å²) in [4.78, 5) is 43.0. The number of nitrogens with zero attached hydrogens (tertiary/aromatic N) is 5. The molecule has 11 heteroatoms. The zero-order valence-electron chi connectivity index (χ0n) is 20.3. The molecule has 0 spiro atoms. The smallest absolute Gasteiger partial charge is 0.346 e. The first-order valence-electron chi connectivity index (χ1n) is 12.0. The largest absolute Gasteiger partial charge is 0.367 e. The summed E-state index contributed by atoms with van der Waals surface area (Å²) in [6, 6.07) is 21.0. The second-order valence-electron chi connectivity index (χ2n) is 8.96. The number of benzene rings is 3. The number of nitrogens with one attached hydrogen (secondary N) is 1. The van der Waals surface area contributed by atoms with Crippen LogP contribution in [0.25, 0.3) is 10.9 Å². The maximum Gasteiger partial charge on any atom is 0.346 e. The Labute approximate surface area is 217 Å². The molecule has 0 atom stereocenters. The van der Waals surface area contributed by atoms with Crippen molar-refractivity contribution < 1.29 is 14.6 Å². The van der Waals surface area contributed by atoms with Crippen molar-refractivity contribution in [2.75, 3.05) is 36.4 Å². The van der Waals surface area contributed by atoms with Gasteiger partial charge in [0.05, 0.1) is 32.9 Å². The first-order valence-corrected chi connectivity index (χ1v) is 12.0. The second kappa shape index (κ2) is 10.6. The fraction of sp³-hybridized carbons (Fsp3) is 0.185. The molecule has 4 aromatic rings. The van der Waals surface area contributed by atoms with E-state index >= 15 is 0 Å². The van der Waals surface area contributed by atoms with Crippen molar-refractivity contribution in [2.24, 2.45) is 0 Å². The number of nitro benzene ring substituents is 2. The first kappa shape index (κ1) is 24.8. The van der Waals surface area contributed by atoms with Crippen molar-refractivity contribution >= 4 is 39.6 Å². The predicted octanol–water partition coefficient (Wildman–Crippen LogP) is 4.63. The van der Waals surface area contributed by atoms with Gasteiger partial charge in [-0.2, -0.15) is 0 Å². The minimum absolute atomic E-state index is 0.0610. The molecular weight excluding hydrogens is 488 g/mol. The van der Waals surface area contributed by atoms with Crippen molar-refractivity contribution in [3.05, 3.63) is 110 Å². The highest BCUT2D eigenvalue weighted by molar-refractivity contribution is 6.09. The molecule has 192 valence electrons. The van der Waals surface area contributed by atoms with E-state index in [2.05, 4.69) is 32.2 Å². The number of fused-ring (bicyclic) bond motifs is 1. The van der Waals surface area contributed by atoms with Crippen LogP contribution in [-0.4, -0.2) is 51.8 Å². The van der Waals surface area contributed by atoms with E-state index in [1.807, 2.05) is 42.5 Å². The number of hydrogen-bond acceptors (Lipinski definition) is 8. The number of pyridine rings is 1. The zero-order chi connectivity index (χ0) is 26.6. The summed E-state index contributed by atoms with van der Waals surface area (Å²) in [5, 5.41) is 26.2. The van der Waals surface area contributed by atoms with Crippen LogP contribution in [0, 0.1) is 20.2 Å². The van der Waals surface area contributed by atoms with Gasteiger partial charge in [0.25, 0.3) is 5.91 Å². The lowest BCUT2D eigenvalue weighted by Crippen LogP contribution is -2.46. The molecule has 2 heterocycles. The molecule has 1 amide bonds. The van der Waals surface area contributed by atoms with E-state index in [9.17, 15) is 25.0 Å². The monoisotopic (exact) mass is 512 g/mol. The Morgan fingerprint density at radius 1 is 0.868 bits per heavy atom. The number of aromatic nitrogens is 1. The maximum atomic E-state index is 13.1. The second-order valence-corrected chi connectivity index (χ2v) is 8.96. The van der Waals surface area contributed by atoms with E-state index in [1.54, 1.807) is 6.20 Å². The van der Waals surface area contributed by atoms with Crippen molar-refractivity contribution in [1.29, 1.82) is 0 Å². The van der Waals surface area contributed by atoms with Crippen molar-refractivity contribution in [1.82, 2.24) is 9.88 Å². The third-order valence-electron chi connectivity index (χ3n) is 6.56. The van der Waals surface area contributed by atoms with E-state index in [-0.39, 0.29) is 5.56 Å². The zero-order valence-corrected chi connectivity index (χ0v) is 20.3. The van der Waals surface area contributed by atoms with E-state index in [0.717, 1.165) is 61.4 Å². The lowest BCUT2D eigenvalue weighted by molar-refractivity contribution is -0.422. The van der Waals surface area contributed by atoms with Gasteiger partial charge in [-0.1, -0.05) is 48.5 Å². The summed E-state index contributed by atoms with van der Waals surface area (Å²) in [7, 11) is 0. The summed E-state index contributed by atoms with van der Waals surface area (Å²) in [6.45, 7) is 3.97. The number of hydrogen-bond donors (Lipinski definition) is 1. The van der Waals surface area contributed by atoms with Gasteiger partial charge < -0.3 is 10.2 Å². The summed E-state index contributed by atoms with van der Waals surface area (Å²) >= 11 is 0. The number of anilines is 2. The third kappa shape index (κ3) is 5.13. The Hall–Kier alpha value is -4.90. The molecule has 3 aromatic carbocycles. The van der Waals surface area contributed by atoms with Crippen LogP contribution < -0.4 is 10.2 Å². The number of carbonyl (C=O) groups is 1. The van der Waals surface area contributed by atoms with Crippen LogP contribution in [0.1, 0.15) is 15.9 Å². The quantitative estimate of drug-likeness (QED) is 0.280. The molecule has 0 saturated carbocycles. The molecule has 11 nitrogen and oxygen atoms in total. The highest BCUT2D eigenvalue weighted by Gasteiger charge is 2.27. The molecule has 1 fully saturated rings. The standard InChI is InChI=1S/C27H24N6O5/c34-27(20-10-11-24(32(35)36)25(16-20)33(37)38)29-23-17-28-22-9-5-4-8-21(22)26(23)31-14-12-30(13-15-31)18-19-6-2-1-3-7-19/h1-11,16-17H,12-15,18H2,(H,29,34). The van der Waals surface area contributed by atoms with Gasteiger partial charge in [-0.15, -0.1) is 0 Å². The molecular formula is C27H24N6O5. The van der Waals surface area contributed by atoms with Gasteiger partial charge in [0, 0.05) is 55.8 Å². The number of amides is 1. The third-order valence-corrected chi connectivity index (χ3v) is 6.56. The molecule has 1 aliphatic heterocycles. The van der Waals surface area contributed by atoms with Crippen LogP contribution in [0.15, 0.2) is 79.0 Å². The number of para-hydroxylation sites is 1. The highest BCUT2D eigenvalue weighted by Crippen LogP contribution is 2.35. The van der Waals surface area contributed by atoms with Gasteiger partial charge in [-0.25, -0.2) is 0 Å². The average Bonchev–Trinajstić information content (AvgIpc) is 2.93. The summed E-state index contributed by atoms with van der Waals surface area (Å²) in [6.07, 6.45) is 1.58. The molecule has 1 aliphatic rings. The Bertz CT molecular complexity index is 1520. The van der Waals surface area contributed by atoms with Crippen LogP contribution >= 0.6 is 0 Å². The fourth-order valence-electron chi connectivity index (χ4n) is 4.69. The molecule has 1 aromatic heterocycles. The SMILES string of the molecule is O=C(Nc1cnc2ccccc2c1N1CCN(Cc2ccccc2)CC1)c1ccc([N+](=O)[O-])c([N+](=O)[O-])c1. The Kier molecular flexibility index (Phi) is 6.92. The summed E-state index contributed by atoms with van der Waals surface area (Å²) < 4.78 is 0. The van der Waals surface area contributed by atoms with Crippen LogP contribution in [0.3, 0.4) is 0 Å². The minimum atomic E-state index is -0.868. The molecule has 5 rings (SSSR count). The fourth-order valence-corrected chi connectivity index (χ4v) is 4.69. The van der Waals surface area contributed by atoms with E-state index < -0.39 is 27.1 Å². The number of nitro groups is 2. The highest BCUT2D eigenvalue weighted by atomic mass is 16.6. The Balaban J connectivity index is 1.42. The molecule has 1 N–H and O–H groups in total. The van der Waals surface area contributed by atoms with Gasteiger partial charge >= 0.3 is 11.4 Å². The molecule has 0 unspecified atom stereocenters. The Morgan fingerprint density at radius 2 is 1.55 bits per heavy atom. The number of piperazine rings is 1. The minimum Gasteiger partial charge on any atom is -0.367 e. The molecule has 1 saturated heterocycles. The molecule has 0 aliphatic carbocycles. The first-order chi connectivity index (χ1) is 18.4. The number of rotatable bonds is 7. The molecule has 0 bridgehead atoms. The predicted molar refractivity (Wildman–Crippen MR) is 143 cm³/mol. The molecule has 0 radical (unpaired) electrons. The summed E-state index contributed by atoms with van der Waals surface area (Å²) in [5.74, 6) is -0.621. The number of carbonyl (C=O) groups excluding carboxylic acids is 1. The average molecular weight is 513 g/mol. The summed E-state index contributed by atoms with van der Waals surface area (Å²) in [5.41, 5.74) is 1.83. The van der Waals surface area contributed by atoms with E-state index in [1.165, 1.54) is 11.6 Å². The topological polar surface area (TPSA) is 135 Å². The van der Waals surface area contributed by atoms with Crippen LogP contribution in [0.2, 0.25) is 0 Å². The van der Waals surface area contributed by atoms with Gasteiger partial charge in [-0.3, -0.25) is 34.9 Å². The van der Waals surface area contributed by atoms with Crippen LogP contribution in [-0.2, 0) is 6.54 Å². The Morgan fingerprint density at radius 3 is 2.26 bits per heavy atom. The lowest BCUT2D eigenvalue weighted by Gasteiger charge is -2.37. The van der Waals surface area contributed by atoms with Crippen molar-refractivity contribution in [3.8, 4) is 0 Å². The van der Waals surface area contributed by atoms with Gasteiger partial charge in [0.2, 0.25) is 0 Å². The molecule has 38 heavy (non-hydrogen) atoms. The van der Waals surface area contributed by atoms with Crippen LogP contribution in [0.4, 0.5) is 22.7 Å². The van der Waals surface area contributed by atoms with Crippen molar-refractivity contribution in [2.45, 2.75) is 6.54 Å². The van der Waals surface area contributed by atoms with Crippen molar-refractivity contribution in [3.63, 3.8) is 0 Å². The lowest BCUT2D eigenvalue weighted by atomic mass is 10.1. The van der Waals surface area contributed by atoms with Crippen LogP contribution in [0.5, 0.6) is 0 Å². The van der Waals surface area contributed by atoms with Gasteiger partial charge in [0.1, 0.15) is 0 Å². The normalized spacial score (nSPS) is 13.8. The van der Waals surface area contributed by atoms with E-state index in [4.69, 9.17) is 0 Å².